The normalized spacial score (nSPS) is 15.4. The van der Waals surface area contributed by atoms with E-state index in [4.69, 9.17) is 0 Å². The van der Waals surface area contributed by atoms with E-state index in [0.717, 1.165) is 4.88 Å². The predicted octanol–water partition coefficient (Wildman–Crippen LogP) is 1.18. The highest BCUT2D eigenvalue weighted by molar-refractivity contribution is 7.89. The van der Waals surface area contributed by atoms with Crippen molar-refractivity contribution in [3.05, 3.63) is 34.8 Å². The minimum absolute atomic E-state index is 0.329. The van der Waals surface area contributed by atoms with Crippen molar-refractivity contribution in [1.82, 2.24) is 19.8 Å². The molecule has 1 saturated carbocycles. The van der Waals surface area contributed by atoms with Gasteiger partial charge >= 0.3 is 0 Å². The van der Waals surface area contributed by atoms with Crippen LogP contribution in [-0.2, 0) is 23.1 Å². The Morgan fingerprint density at radius 2 is 2.29 bits per heavy atom. The molecule has 0 aromatic carbocycles. The van der Waals surface area contributed by atoms with E-state index in [0.29, 0.717) is 30.6 Å². The number of aromatic nitrogens is 2. The zero-order valence-electron chi connectivity index (χ0n) is 11.5. The summed E-state index contributed by atoms with van der Waals surface area (Å²) in [4.78, 5) is 1.26. The predicted molar refractivity (Wildman–Crippen MR) is 81.6 cm³/mol. The first-order valence-corrected chi connectivity index (χ1v) is 9.28. The molecule has 2 aromatic heterocycles. The molecule has 0 unspecified atom stereocenters. The summed E-state index contributed by atoms with van der Waals surface area (Å²) >= 11 is 1.48. The van der Waals surface area contributed by atoms with Gasteiger partial charge in [-0.05, 0) is 30.4 Å². The van der Waals surface area contributed by atoms with Gasteiger partial charge in [0.15, 0.2) is 0 Å². The van der Waals surface area contributed by atoms with Crippen LogP contribution >= 0.6 is 11.3 Å². The first kappa shape index (κ1) is 14.7. The van der Waals surface area contributed by atoms with Crippen LogP contribution in [0.3, 0.4) is 0 Å². The van der Waals surface area contributed by atoms with E-state index < -0.39 is 10.0 Å². The molecule has 2 heterocycles. The van der Waals surface area contributed by atoms with Gasteiger partial charge in [-0.2, -0.15) is 5.10 Å². The lowest BCUT2D eigenvalue weighted by Crippen LogP contribution is -2.28. The smallest absolute Gasteiger partial charge is 0.241 e. The molecule has 0 atom stereocenters. The van der Waals surface area contributed by atoms with Gasteiger partial charge in [-0.25, -0.2) is 13.1 Å². The molecule has 0 bridgehead atoms. The summed E-state index contributed by atoms with van der Waals surface area (Å²) in [6.45, 7) is 1.47. The third-order valence-electron chi connectivity index (χ3n) is 3.31. The molecule has 1 fully saturated rings. The van der Waals surface area contributed by atoms with Gasteiger partial charge in [0.1, 0.15) is 0 Å². The highest BCUT2D eigenvalue weighted by atomic mass is 32.2. The zero-order valence-corrected chi connectivity index (χ0v) is 13.2. The number of hydrogen-bond donors (Lipinski definition) is 2. The van der Waals surface area contributed by atoms with Crippen molar-refractivity contribution >= 4 is 21.4 Å². The van der Waals surface area contributed by atoms with Gasteiger partial charge in [-0.3, -0.25) is 4.68 Å². The summed E-state index contributed by atoms with van der Waals surface area (Å²) in [5.74, 6) is 0. The summed E-state index contributed by atoms with van der Waals surface area (Å²) in [5.41, 5.74) is 0. The summed E-state index contributed by atoms with van der Waals surface area (Å²) in [5, 5.41) is 9.23. The number of rotatable bonds is 8. The van der Waals surface area contributed by atoms with E-state index in [1.54, 1.807) is 16.9 Å². The minimum Gasteiger partial charge on any atom is -0.309 e. The van der Waals surface area contributed by atoms with Crippen LogP contribution in [0.5, 0.6) is 0 Å². The van der Waals surface area contributed by atoms with Crippen LogP contribution in [0.4, 0.5) is 0 Å². The zero-order chi connectivity index (χ0) is 14.7. The fourth-order valence-corrected chi connectivity index (χ4v) is 4.44. The van der Waals surface area contributed by atoms with Crippen LogP contribution in [0.2, 0.25) is 0 Å². The fourth-order valence-electron chi connectivity index (χ4n) is 2.03. The molecule has 0 radical (unpaired) electrons. The van der Waals surface area contributed by atoms with Crippen LogP contribution in [-0.4, -0.2) is 30.8 Å². The molecule has 3 rings (SSSR count). The maximum atomic E-state index is 12.3. The van der Waals surface area contributed by atoms with Crippen molar-refractivity contribution in [3.63, 3.8) is 0 Å². The van der Waals surface area contributed by atoms with Gasteiger partial charge in [0, 0.05) is 36.4 Å². The number of thiophene rings is 1. The van der Waals surface area contributed by atoms with Crippen molar-refractivity contribution in [2.75, 3.05) is 6.54 Å². The van der Waals surface area contributed by atoms with Crippen molar-refractivity contribution in [3.8, 4) is 0 Å². The molecular weight excluding hydrogens is 308 g/mol. The standard InChI is InChI=1S/C13H18N4O2S2/c18-21(19,16-6-8-17-7-1-5-15-17)13-4-9-20-12(13)10-14-11-2-3-11/h1,4-5,7,9,11,14,16H,2-3,6,8,10H2. The molecule has 21 heavy (non-hydrogen) atoms. The van der Waals surface area contributed by atoms with Gasteiger partial charge in [-0.15, -0.1) is 11.3 Å². The molecule has 8 heteroatoms. The molecule has 0 saturated heterocycles. The Morgan fingerprint density at radius 3 is 3.00 bits per heavy atom. The monoisotopic (exact) mass is 326 g/mol. The summed E-state index contributed by atoms with van der Waals surface area (Å²) in [7, 11) is -3.45. The van der Waals surface area contributed by atoms with Gasteiger partial charge in [-0.1, -0.05) is 0 Å². The van der Waals surface area contributed by atoms with Crippen LogP contribution in [0.15, 0.2) is 34.8 Å². The Morgan fingerprint density at radius 1 is 1.43 bits per heavy atom. The van der Waals surface area contributed by atoms with Crippen molar-refractivity contribution in [1.29, 1.82) is 0 Å². The van der Waals surface area contributed by atoms with Gasteiger partial charge in [0.25, 0.3) is 0 Å². The molecule has 0 spiro atoms. The molecule has 1 aliphatic rings. The summed E-state index contributed by atoms with van der Waals surface area (Å²) in [6, 6.07) is 4.05. The van der Waals surface area contributed by atoms with Crippen LogP contribution < -0.4 is 10.0 Å². The summed E-state index contributed by atoms with van der Waals surface area (Å²) in [6.07, 6.45) is 5.87. The number of hydrogen-bond acceptors (Lipinski definition) is 5. The van der Waals surface area contributed by atoms with Crippen molar-refractivity contribution in [2.45, 2.75) is 36.9 Å². The Hall–Kier alpha value is -1.22. The van der Waals surface area contributed by atoms with Gasteiger partial charge < -0.3 is 5.32 Å². The SMILES string of the molecule is O=S(=O)(NCCn1cccn1)c1ccsc1CNC1CC1. The molecule has 0 amide bonds. The van der Waals surface area contributed by atoms with Crippen LogP contribution in [0.1, 0.15) is 17.7 Å². The Kier molecular flexibility index (Phi) is 4.39. The van der Waals surface area contributed by atoms with E-state index in [1.165, 1.54) is 24.2 Å². The molecular formula is C13H18N4O2S2. The second-order valence-corrected chi connectivity index (χ2v) is 7.77. The van der Waals surface area contributed by atoms with Crippen LogP contribution in [0, 0.1) is 0 Å². The van der Waals surface area contributed by atoms with E-state index in [1.807, 2.05) is 17.6 Å². The first-order chi connectivity index (χ1) is 10.1. The maximum absolute atomic E-state index is 12.3. The van der Waals surface area contributed by atoms with Crippen molar-refractivity contribution in [2.24, 2.45) is 0 Å². The number of sulfonamides is 1. The largest absolute Gasteiger partial charge is 0.309 e. The quantitative estimate of drug-likeness (QED) is 0.764. The Bertz CT molecular complexity index is 675. The van der Waals surface area contributed by atoms with E-state index >= 15 is 0 Å². The molecule has 2 aromatic rings. The van der Waals surface area contributed by atoms with Crippen LogP contribution in [0.25, 0.3) is 0 Å². The molecule has 1 aliphatic carbocycles. The highest BCUT2D eigenvalue weighted by Crippen LogP contribution is 2.24. The second kappa shape index (κ2) is 6.27. The van der Waals surface area contributed by atoms with Gasteiger partial charge in [0.05, 0.1) is 11.4 Å². The van der Waals surface area contributed by atoms with E-state index in [2.05, 4.69) is 15.1 Å². The average molecular weight is 326 g/mol. The van der Waals surface area contributed by atoms with E-state index in [9.17, 15) is 8.42 Å². The minimum atomic E-state index is -3.45. The first-order valence-electron chi connectivity index (χ1n) is 6.92. The molecule has 114 valence electrons. The topological polar surface area (TPSA) is 76.0 Å². The van der Waals surface area contributed by atoms with Gasteiger partial charge in [0.2, 0.25) is 10.0 Å². The second-order valence-electron chi connectivity index (χ2n) is 5.03. The van der Waals surface area contributed by atoms with Crippen molar-refractivity contribution < 1.29 is 8.42 Å². The molecule has 0 aliphatic heterocycles. The average Bonchev–Trinajstić information content (AvgIpc) is 2.93. The lowest BCUT2D eigenvalue weighted by molar-refractivity contribution is 0.559. The summed E-state index contributed by atoms with van der Waals surface area (Å²) < 4.78 is 29.0. The number of nitrogens with one attached hydrogen (secondary N) is 2. The lowest BCUT2D eigenvalue weighted by Gasteiger charge is -2.08. The third kappa shape index (κ3) is 3.91. The van der Waals surface area contributed by atoms with E-state index in [-0.39, 0.29) is 0 Å². The third-order valence-corrected chi connectivity index (χ3v) is 5.91. The fraction of sp³-hybridized carbons (Fsp3) is 0.462. The molecule has 2 N–H and O–H groups in total. The number of nitrogens with zero attached hydrogens (tertiary/aromatic N) is 2. The molecule has 6 nitrogen and oxygen atoms in total. The lowest BCUT2D eigenvalue weighted by atomic mass is 10.4. The Balaban J connectivity index is 1.59. The maximum Gasteiger partial charge on any atom is 0.241 e. The highest BCUT2D eigenvalue weighted by Gasteiger charge is 2.23. The Labute approximate surface area is 128 Å².